The molecule has 23 heavy (non-hydrogen) atoms. The number of benzene rings is 2. The first kappa shape index (κ1) is 17.0. The van der Waals surface area contributed by atoms with Gasteiger partial charge in [0, 0.05) is 12.6 Å². The summed E-state index contributed by atoms with van der Waals surface area (Å²) >= 11 is 0. The van der Waals surface area contributed by atoms with Crippen molar-refractivity contribution < 1.29 is 14.6 Å². The fourth-order valence-corrected chi connectivity index (χ4v) is 2.68. The first-order chi connectivity index (χ1) is 11.1. The van der Waals surface area contributed by atoms with Gasteiger partial charge in [-0.15, -0.1) is 0 Å². The Bertz CT molecular complexity index is 628. The van der Waals surface area contributed by atoms with Crippen LogP contribution in [0.4, 0.5) is 0 Å². The second-order valence-electron chi connectivity index (χ2n) is 5.65. The lowest BCUT2D eigenvalue weighted by Gasteiger charge is -2.28. The molecule has 1 unspecified atom stereocenters. The monoisotopic (exact) mass is 313 g/mol. The molecule has 0 spiro atoms. The fourth-order valence-electron chi connectivity index (χ4n) is 2.68. The predicted molar refractivity (Wildman–Crippen MR) is 90.6 cm³/mol. The molecule has 0 saturated heterocycles. The van der Waals surface area contributed by atoms with E-state index in [0.717, 1.165) is 23.3 Å². The Balaban J connectivity index is 2.12. The van der Waals surface area contributed by atoms with Crippen LogP contribution >= 0.6 is 0 Å². The molecule has 0 aliphatic rings. The van der Waals surface area contributed by atoms with E-state index in [1.807, 2.05) is 59.5 Å². The lowest BCUT2D eigenvalue weighted by Crippen LogP contribution is -2.38. The van der Waals surface area contributed by atoms with E-state index in [1.54, 1.807) is 7.11 Å². The number of hydrogen-bond acceptors (Lipinski definition) is 3. The van der Waals surface area contributed by atoms with Gasteiger partial charge in [-0.2, -0.15) is 0 Å². The van der Waals surface area contributed by atoms with Gasteiger partial charge in [-0.3, -0.25) is 9.69 Å². The topological polar surface area (TPSA) is 49.8 Å². The molecule has 1 atom stereocenters. The molecular weight excluding hydrogens is 290 g/mol. The zero-order valence-electron chi connectivity index (χ0n) is 13.6. The van der Waals surface area contributed by atoms with E-state index >= 15 is 0 Å². The zero-order chi connectivity index (χ0) is 16.7. The van der Waals surface area contributed by atoms with Gasteiger partial charge in [0.15, 0.2) is 0 Å². The van der Waals surface area contributed by atoms with Crippen LogP contribution in [0, 0.1) is 0 Å². The zero-order valence-corrected chi connectivity index (χ0v) is 13.6. The maximum Gasteiger partial charge on any atom is 0.317 e. The SMILES string of the molecule is COc1ccccc1CC(C)N(CC(=O)O)Cc1ccccc1. The summed E-state index contributed by atoms with van der Waals surface area (Å²) in [6.07, 6.45) is 0.740. The molecule has 0 aliphatic carbocycles. The van der Waals surface area contributed by atoms with Gasteiger partial charge in [0.25, 0.3) is 0 Å². The summed E-state index contributed by atoms with van der Waals surface area (Å²) in [5.74, 6) is 0.0298. The van der Waals surface area contributed by atoms with Gasteiger partial charge >= 0.3 is 5.97 Å². The summed E-state index contributed by atoms with van der Waals surface area (Å²) in [6, 6.07) is 17.9. The average molecular weight is 313 g/mol. The molecule has 0 saturated carbocycles. The van der Waals surface area contributed by atoms with Crippen LogP contribution in [-0.4, -0.2) is 35.7 Å². The van der Waals surface area contributed by atoms with Crippen molar-refractivity contribution in [2.45, 2.75) is 25.9 Å². The van der Waals surface area contributed by atoms with Crippen molar-refractivity contribution in [2.75, 3.05) is 13.7 Å². The van der Waals surface area contributed by atoms with Crippen molar-refractivity contribution in [1.82, 2.24) is 4.90 Å². The molecule has 0 aliphatic heterocycles. The molecular formula is C19H23NO3. The number of methoxy groups -OCH3 is 1. The minimum atomic E-state index is -0.812. The smallest absolute Gasteiger partial charge is 0.317 e. The molecule has 4 heteroatoms. The maximum absolute atomic E-state index is 11.2. The minimum absolute atomic E-state index is 0.0191. The van der Waals surface area contributed by atoms with Crippen LogP contribution in [0.2, 0.25) is 0 Å². The first-order valence-corrected chi connectivity index (χ1v) is 7.72. The molecule has 1 N–H and O–H groups in total. The van der Waals surface area contributed by atoms with E-state index in [-0.39, 0.29) is 12.6 Å². The van der Waals surface area contributed by atoms with Crippen LogP contribution in [-0.2, 0) is 17.8 Å². The van der Waals surface area contributed by atoms with Crippen molar-refractivity contribution in [2.24, 2.45) is 0 Å². The normalized spacial score (nSPS) is 12.1. The minimum Gasteiger partial charge on any atom is -0.496 e. The van der Waals surface area contributed by atoms with Crippen LogP contribution in [0.25, 0.3) is 0 Å². The van der Waals surface area contributed by atoms with Crippen LogP contribution in [0.15, 0.2) is 54.6 Å². The van der Waals surface area contributed by atoms with E-state index in [1.165, 1.54) is 0 Å². The number of aliphatic carboxylic acids is 1. The summed E-state index contributed by atoms with van der Waals surface area (Å²) in [5, 5.41) is 9.21. The second-order valence-corrected chi connectivity index (χ2v) is 5.65. The summed E-state index contributed by atoms with van der Waals surface area (Å²) < 4.78 is 5.39. The second kappa shape index (κ2) is 8.34. The van der Waals surface area contributed by atoms with Crippen LogP contribution in [0.5, 0.6) is 5.75 Å². The lowest BCUT2D eigenvalue weighted by atomic mass is 10.0. The molecule has 0 heterocycles. The highest BCUT2D eigenvalue weighted by atomic mass is 16.5. The number of para-hydroxylation sites is 1. The number of carboxylic acids is 1. The first-order valence-electron chi connectivity index (χ1n) is 7.72. The van der Waals surface area contributed by atoms with Crippen molar-refractivity contribution in [3.63, 3.8) is 0 Å². The summed E-state index contributed by atoms with van der Waals surface area (Å²) in [7, 11) is 1.66. The van der Waals surface area contributed by atoms with E-state index in [0.29, 0.717) is 6.54 Å². The van der Waals surface area contributed by atoms with Gasteiger partial charge in [0.05, 0.1) is 13.7 Å². The highest BCUT2D eigenvalue weighted by Gasteiger charge is 2.19. The van der Waals surface area contributed by atoms with Gasteiger partial charge in [-0.25, -0.2) is 0 Å². The van der Waals surface area contributed by atoms with Crippen LogP contribution in [0.1, 0.15) is 18.1 Å². The molecule has 0 amide bonds. The van der Waals surface area contributed by atoms with Crippen LogP contribution in [0.3, 0.4) is 0 Å². The third-order valence-electron chi connectivity index (χ3n) is 3.90. The lowest BCUT2D eigenvalue weighted by molar-refractivity contribution is -0.139. The Hall–Kier alpha value is -2.33. The third kappa shape index (κ3) is 5.11. The summed E-state index contributed by atoms with van der Waals surface area (Å²) in [4.78, 5) is 13.2. The van der Waals surface area contributed by atoms with Crippen LogP contribution < -0.4 is 4.74 Å². The number of carbonyl (C=O) groups is 1. The molecule has 4 nitrogen and oxygen atoms in total. The standard InChI is InChI=1S/C19H23NO3/c1-15(12-17-10-6-7-11-18(17)23-2)20(14-19(21)22)13-16-8-4-3-5-9-16/h3-11,15H,12-14H2,1-2H3,(H,21,22). The molecule has 2 aromatic carbocycles. The van der Waals surface area contributed by atoms with Crippen molar-refractivity contribution in [3.8, 4) is 5.75 Å². The third-order valence-corrected chi connectivity index (χ3v) is 3.90. The van der Waals surface area contributed by atoms with Crippen molar-refractivity contribution in [3.05, 3.63) is 65.7 Å². The fraction of sp³-hybridized carbons (Fsp3) is 0.316. The van der Waals surface area contributed by atoms with Gasteiger partial charge < -0.3 is 9.84 Å². The van der Waals surface area contributed by atoms with Crippen molar-refractivity contribution in [1.29, 1.82) is 0 Å². The molecule has 0 fully saturated rings. The Morgan fingerprint density at radius 3 is 2.43 bits per heavy atom. The Kier molecular flexibility index (Phi) is 6.18. The molecule has 0 aromatic heterocycles. The molecule has 2 aromatic rings. The Labute approximate surface area is 137 Å². The number of rotatable bonds is 8. The largest absolute Gasteiger partial charge is 0.496 e. The highest BCUT2D eigenvalue weighted by Crippen LogP contribution is 2.21. The van der Waals surface area contributed by atoms with E-state index in [9.17, 15) is 9.90 Å². The molecule has 2 rings (SSSR count). The number of ether oxygens (including phenoxy) is 1. The van der Waals surface area contributed by atoms with Gasteiger partial charge in [-0.1, -0.05) is 48.5 Å². The number of carboxylic acid groups (broad SMARTS) is 1. The van der Waals surface area contributed by atoms with Crippen molar-refractivity contribution >= 4 is 5.97 Å². The molecule has 0 bridgehead atoms. The Morgan fingerprint density at radius 2 is 1.78 bits per heavy atom. The van der Waals surface area contributed by atoms with Gasteiger partial charge in [0.2, 0.25) is 0 Å². The quantitative estimate of drug-likeness (QED) is 0.813. The van der Waals surface area contributed by atoms with E-state index in [2.05, 4.69) is 6.92 Å². The average Bonchev–Trinajstić information content (AvgIpc) is 2.55. The summed E-state index contributed by atoms with van der Waals surface area (Å²) in [5.41, 5.74) is 2.20. The number of nitrogens with zero attached hydrogens (tertiary/aromatic N) is 1. The molecule has 0 radical (unpaired) electrons. The predicted octanol–water partition coefficient (Wildman–Crippen LogP) is 3.21. The molecule has 122 valence electrons. The van der Waals surface area contributed by atoms with Gasteiger partial charge in [-0.05, 0) is 30.5 Å². The van der Waals surface area contributed by atoms with Gasteiger partial charge in [0.1, 0.15) is 5.75 Å². The van der Waals surface area contributed by atoms with E-state index in [4.69, 9.17) is 4.74 Å². The van der Waals surface area contributed by atoms with E-state index < -0.39 is 5.97 Å². The Morgan fingerprint density at radius 1 is 1.13 bits per heavy atom. The highest BCUT2D eigenvalue weighted by molar-refractivity contribution is 5.69. The summed E-state index contributed by atoms with van der Waals surface area (Å²) in [6.45, 7) is 2.69. The maximum atomic E-state index is 11.2. The number of hydrogen-bond donors (Lipinski definition) is 1.